The molecule has 0 unspecified atom stereocenters. The number of rotatable bonds is 11. The number of aliphatic hydroxyl groups is 2. The van der Waals surface area contributed by atoms with Crippen molar-refractivity contribution in [3.05, 3.63) is 95.6 Å². The smallest absolute Gasteiger partial charge is 0.264 e. The molecule has 1 saturated heterocycles. The largest absolute Gasteiger partial charge is 0.432 e. The lowest BCUT2D eigenvalue weighted by Crippen LogP contribution is -2.46. The van der Waals surface area contributed by atoms with Crippen LogP contribution < -0.4 is 10.2 Å². The van der Waals surface area contributed by atoms with E-state index in [-0.39, 0.29) is 37.9 Å². The maximum atomic E-state index is 14.6. The van der Waals surface area contributed by atoms with Gasteiger partial charge in [0.05, 0.1) is 31.4 Å². The number of para-hydroxylation sites is 1. The Bertz CT molecular complexity index is 1580. The van der Waals surface area contributed by atoms with E-state index in [1.807, 2.05) is 80.7 Å². The fraction of sp³-hybridized carbons (Fsp3) is 0.400. The van der Waals surface area contributed by atoms with E-state index < -0.39 is 43.5 Å². The molecule has 5 atom stereocenters. The lowest BCUT2D eigenvalue weighted by molar-refractivity contribution is -0.150. The van der Waals surface area contributed by atoms with Gasteiger partial charge in [-0.1, -0.05) is 67.6 Å². The predicted molar refractivity (Wildman–Crippen MR) is 177 cm³/mol. The molecule has 1 fully saturated rings. The number of ether oxygens (including phenoxy) is 1. The number of hydrogen-bond donors (Lipinski definition) is 4. The van der Waals surface area contributed by atoms with Gasteiger partial charge in [-0.15, -0.1) is 0 Å². The van der Waals surface area contributed by atoms with Crippen LogP contribution in [0.1, 0.15) is 37.0 Å². The average Bonchev–Trinajstić information content (AvgIpc) is 3.44. The van der Waals surface area contributed by atoms with Crippen LogP contribution in [0.3, 0.4) is 0 Å². The Morgan fingerprint density at radius 2 is 1.72 bits per heavy atom. The second-order valence-electron chi connectivity index (χ2n) is 12.9. The standard InChI is InChI=1S/C35H43N3O7Si/c1-23-32(46(3,4)44)30(20-31(41)37(17-18-39)21-25-11-6-5-7-12-25)45-35(23)28-15-8-9-16-29(28)38(34(35)43)22-26-13-10-14-27(19-26)36-33(42)24(2)40/h5-16,19,23-24,30,32,39-40,44H,17-18,20-22H2,1-4H3,(H,36,42)/t23-,24-,30+,32-,35+/m0/s1. The Balaban J connectivity index is 1.45. The number of benzene rings is 3. The molecule has 2 aliphatic heterocycles. The van der Waals surface area contributed by atoms with Gasteiger partial charge in [-0.05, 0) is 49.3 Å². The number of aliphatic hydroxyl groups excluding tert-OH is 2. The molecular formula is C35H43N3O7Si. The molecule has 0 radical (unpaired) electrons. The van der Waals surface area contributed by atoms with Gasteiger partial charge in [-0.2, -0.15) is 0 Å². The Morgan fingerprint density at radius 3 is 2.39 bits per heavy atom. The SMILES string of the molecule is C[C@H](O)C(=O)Nc1cccc(CN2C(=O)[C@]3(O[C@H](CC(=O)N(CCO)Cc4ccccc4)[C@@H]([Si](C)(C)O)[C@@H]3C)c3ccccc32)c1. The molecule has 1 spiro atoms. The van der Waals surface area contributed by atoms with Crippen molar-refractivity contribution >= 4 is 37.4 Å². The lowest BCUT2D eigenvalue weighted by atomic mass is 9.82. The average molecular weight is 646 g/mol. The summed E-state index contributed by atoms with van der Waals surface area (Å²) in [7, 11) is -2.99. The van der Waals surface area contributed by atoms with E-state index in [2.05, 4.69) is 5.32 Å². The summed E-state index contributed by atoms with van der Waals surface area (Å²) in [6.45, 7) is 7.43. The van der Waals surface area contributed by atoms with Crippen molar-refractivity contribution in [3.63, 3.8) is 0 Å². The van der Waals surface area contributed by atoms with E-state index in [0.717, 1.165) is 11.1 Å². The normalized spacial score (nSPS) is 23.0. The number of nitrogens with one attached hydrogen (secondary N) is 1. The number of nitrogens with zero attached hydrogens (tertiary/aromatic N) is 2. The zero-order valence-electron chi connectivity index (χ0n) is 26.7. The van der Waals surface area contributed by atoms with Crippen LogP contribution >= 0.6 is 0 Å². The summed E-state index contributed by atoms with van der Waals surface area (Å²) in [5.41, 5.74) is 1.74. The summed E-state index contributed by atoms with van der Waals surface area (Å²) in [6, 6.07) is 24.1. The first-order chi connectivity index (χ1) is 21.9. The molecule has 10 nitrogen and oxygen atoms in total. The molecule has 244 valence electrons. The lowest BCUT2D eigenvalue weighted by Gasteiger charge is -2.32. The zero-order chi connectivity index (χ0) is 33.2. The van der Waals surface area contributed by atoms with Gasteiger partial charge in [0.1, 0.15) is 6.10 Å². The third kappa shape index (κ3) is 6.51. The van der Waals surface area contributed by atoms with Crippen LogP contribution in [0.5, 0.6) is 0 Å². The number of carbonyl (C=O) groups excluding carboxylic acids is 3. The fourth-order valence-corrected chi connectivity index (χ4v) is 9.64. The molecule has 3 aromatic carbocycles. The molecule has 0 saturated carbocycles. The highest BCUT2D eigenvalue weighted by atomic mass is 28.4. The molecule has 2 aliphatic rings. The van der Waals surface area contributed by atoms with Gasteiger partial charge in [-0.3, -0.25) is 14.4 Å². The van der Waals surface area contributed by atoms with E-state index in [4.69, 9.17) is 4.74 Å². The topological polar surface area (TPSA) is 140 Å². The van der Waals surface area contributed by atoms with Gasteiger partial charge in [0.15, 0.2) is 13.9 Å². The zero-order valence-corrected chi connectivity index (χ0v) is 27.7. The van der Waals surface area contributed by atoms with Crippen molar-refractivity contribution < 1.29 is 34.1 Å². The monoisotopic (exact) mass is 645 g/mol. The van der Waals surface area contributed by atoms with E-state index >= 15 is 0 Å². The summed E-state index contributed by atoms with van der Waals surface area (Å²) in [4.78, 5) is 55.4. The molecule has 3 aromatic rings. The molecule has 4 N–H and O–H groups in total. The maximum absolute atomic E-state index is 14.6. The van der Waals surface area contributed by atoms with Crippen molar-refractivity contribution in [2.45, 2.75) is 69.8 Å². The van der Waals surface area contributed by atoms with Crippen LogP contribution in [0, 0.1) is 5.92 Å². The molecule has 0 aromatic heterocycles. The number of anilines is 2. The van der Waals surface area contributed by atoms with Crippen molar-refractivity contribution in [2.24, 2.45) is 5.92 Å². The van der Waals surface area contributed by atoms with Gasteiger partial charge >= 0.3 is 0 Å². The van der Waals surface area contributed by atoms with Gasteiger partial charge < -0.3 is 34.9 Å². The number of hydrogen-bond acceptors (Lipinski definition) is 7. The number of amides is 3. The van der Waals surface area contributed by atoms with Crippen LogP contribution in [0.25, 0.3) is 0 Å². The van der Waals surface area contributed by atoms with Crippen LogP contribution in [-0.4, -0.2) is 71.3 Å². The predicted octanol–water partition coefficient (Wildman–Crippen LogP) is 3.76. The summed E-state index contributed by atoms with van der Waals surface area (Å²) >= 11 is 0. The van der Waals surface area contributed by atoms with E-state index in [0.29, 0.717) is 23.5 Å². The maximum Gasteiger partial charge on any atom is 0.264 e. The van der Waals surface area contributed by atoms with Crippen molar-refractivity contribution in [3.8, 4) is 0 Å². The second kappa shape index (κ2) is 13.5. The Morgan fingerprint density at radius 1 is 1.04 bits per heavy atom. The van der Waals surface area contributed by atoms with Crippen molar-refractivity contribution in [1.82, 2.24) is 4.90 Å². The Kier molecular flexibility index (Phi) is 9.80. The fourth-order valence-electron chi connectivity index (χ4n) is 7.08. The van der Waals surface area contributed by atoms with E-state index in [1.165, 1.54) is 6.92 Å². The third-order valence-corrected chi connectivity index (χ3v) is 11.6. The molecule has 5 rings (SSSR count). The minimum absolute atomic E-state index is 0.0406. The van der Waals surface area contributed by atoms with Crippen LogP contribution in [0.15, 0.2) is 78.9 Å². The van der Waals surface area contributed by atoms with Crippen molar-refractivity contribution in [1.29, 1.82) is 0 Å². The van der Waals surface area contributed by atoms with Gasteiger partial charge in [0.2, 0.25) is 5.91 Å². The minimum atomic E-state index is -2.99. The summed E-state index contributed by atoms with van der Waals surface area (Å²) < 4.78 is 6.81. The highest BCUT2D eigenvalue weighted by molar-refractivity contribution is 6.71. The third-order valence-electron chi connectivity index (χ3n) is 9.12. The number of carbonyl (C=O) groups is 3. The second-order valence-corrected chi connectivity index (χ2v) is 16.8. The summed E-state index contributed by atoms with van der Waals surface area (Å²) in [5, 5.41) is 22.1. The summed E-state index contributed by atoms with van der Waals surface area (Å²) in [5.74, 6) is -1.46. The van der Waals surface area contributed by atoms with Crippen LogP contribution in [0.2, 0.25) is 18.6 Å². The van der Waals surface area contributed by atoms with E-state index in [1.54, 1.807) is 28.0 Å². The first-order valence-electron chi connectivity index (χ1n) is 15.7. The molecule has 11 heteroatoms. The highest BCUT2D eigenvalue weighted by Crippen LogP contribution is 2.59. The molecule has 2 heterocycles. The van der Waals surface area contributed by atoms with Crippen LogP contribution in [0.4, 0.5) is 11.4 Å². The molecule has 3 amide bonds. The Labute approximate surface area is 270 Å². The quantitative estimate of drug-likeness (QED) is 0.233. The molecule has 0 bridgehead atoms. The van der Waals surface area contributed by atoms with Gasteiger partial charge in [0, 0.05) is 35.8 Å². The molecule has 0 aliphatic carbocycles. The Hall–Kier alpha value is -3.87. The highest BCUT2D eigenvalue weighted by Gasteiger charge is 2.66. The number of fused-ring (bicyclic) bond motifs is 2. The van der Waals surface area contributed by atoms with Crippen molar-refractivity contribution in [2.75, 3.05) is 23.4 Å². The first kappa shape index (κ1) is 33.5. The summed E-state index contributed by atoms with van der Waals surface area (Å²) in [6.07, 6.45) is -1.93. The first-order valence-corrected chi connectivity index (χ1v) is 18.7. The van der Waals surface area contributed by atoms with Gasteiger partial charge in [0.25, 0.3) is 11.8 Å². The molecular weight excluding hydrogens is 602 g/mol. The van der Waals surface area contributed by atoms with Gasteiger partial charge in [-0.25, -0.2) is 0 Å². The van der Waals surface area contributed by atoms with Crippen LogP contribution in [-0.2, 0) is 37.8 Å². The minimum Gasteiger partial charge on any atom is -0.432 e. The van der Waals surface area contributed by atoms with E-state index in [9.17, 15) is 29.4 Å². The molecule has 46 heavy (non-hydrogen) atoms.